The van der Waals surface area contributed by atoms with Crippen LogP contribution in [0.5, 0.6) is 0 Å². The van der Waals surface area contributed by atoms with Crippen LogP contribution in [0.3, 0.4) is 0 Å². The Labute approximate surface area is 131 Å². The van der Waals surface area contributed by atoms with Crippen molar-refractivity contribution in [1.82, 2.24) is 9.80 Å². The summed E-state index contributed by atoms with van der Waals surface area (Å²) in [6.07, 6.45) is 3.90. The molecule has 0 aliphatic rings. The first kappa shape index (κ1) is 20.3. The summed E-state index contributed by atoms with van der Waals surface area (Å²) in [6.45, 7) is 15.1. The molecule has 1 unspecified atom stereocenters. The molecule has 0 saturated heterocycles. The van der Waals surface area contributed by atoms with Crippen molar-refractivity contribution < 1.29 is 4.79 Å². The molecule has 1 amide bonds. The second kappa shape index (κ2) is 11.0. The summed E-state index contributed by atoms with van der Waals surface area (Å²) in [4.78, 5) is 16.1. The van der Waals surface area contributed by atoms with Gasteiger partial charge in [0.25, 0.3) is 0 Å². The molecular formula is C16H36N4O. The van der Waals surface area contributed by atoms with E-state index < -0.39 is 11.4 Å². The summed E-state index contributed by atoms with van der Waals surface area (Å²) in [5.41, 5.74) is 10.3. The number of nitrogens with two attached hydrogens (primary N) is 2. The van der Waals surface area contributed by atoms with E-state index in [1.807, 2.05) is 0 Å². The van der Waals surface area contributed by atoms with Crippen molar-refractivity contribution in [2.75, 3.05) is 39.3 Å². The number of carbonyl (C=O) groups excluding carboxylic acids is 1. The summed E-state index contributed by atoms with van der Waals surface area (Å²) in [7, 11) is 0. The average Bonchev–Trinajstić information content (AvgIpc) is 2.45. The topological polar surface area (TPSA) is 75.6 Å². The van der Waals surface area contributed by atoms with E-state index in [9.17, 15) is 4.79 Å². The molecule has 0 heterocycles. The lowest BCUT2D eigenvalue weighted by Crippen LogP contribution is -2.49. The van der Waals surface area contributed by atoms with Crippen molar-refractivity contribution in [3.05, 3.63) is 0 Å². The highest BCUT2D eigenvalue weighted by Crippen LogP contribution is 2.10. The Morgan fingerprint density at radius 1 is 0.905 bits per heavy atom. The maximum Gasteiger partial charge on any atom is 0.237 e. The lowest BCUT2D eigenvalue weighted by Gasteiger charge is -2.24. The summed E-state index contributed by atoms with van der Waals surface area (Å²) in [5.74, 6) is -0.408. The van der Waals surface area contributed by atoms with E-state index in [1.54, 1.807) is 6.92 Å². The van der Waals surface area contributed by atoms with Crippen LogP contribution in [0.1, 0.15) is 53.4 Å². The fourth-order valence-electron chi connectivity index (χ4n) is 2.44. The molecule has 5 nitrogen and oxygen atoms in total. The quantitative estimate of drug-likeness (QED) is 0.504. The maximum absolute atomic E-state index is 11.1. The maximum atomic E-state index is 11.1. The molecule has 0 aliphatic heterocycles. The first-order valence-electron chi connectivity index (χ1n) is 8.40. The van der Waals surface area contributed by atoms with Gasteiger partial charge in [0.1, 0.15) is 0 Å². The molecule has 0 spiro atoms. The molecule has 4 N–H and O–H groups in total. The van der Waals surface area contributed by atoms with Crippen molar-refractivity contribution in [2.24, 2.45) is 11.5 Å². The number of unbranched alkanes of at least 4 members (excludes halogenated alkanes) is 1. The van der Waals surface area contributed by atoms with E-state index in [2.05, 4.69) is 30.6 Å². The molecule has 5 heteroatoms. The fraction of sp³-hybridized carbons (Fsp3) is 0.938. The molecule has 21 heavy (non-hydrogen) atoms. The third-order valence-electron chi connectivity index (χ3n) is 4.27. The molecule has 126 valence electrons. The molecular weight excluding hydrogens is 264 g/mol. The van der Waals surface area contributed by atoms with Crippen molar-refractivity contribution in [2.45, 2.75) is 58.9 Å². The number of primary amides is 1. The van der Waals surface area contributed by atoms with Crippen molar-refractivity contribution in [1.29, 1.82) is 0 Å². The molecule has 0 aromatic rings. The highest BCUT2D eigenvalue weighted by atomic mass is 16.1. The van der Waals surface area contributed by atoms with Crippen LogP contribution >= 0.6 is 0 Å². The van der Waals surface area contributed by atoms with Crippen LogP contribution in [0.4, 0.5) is 0 Å². The van der Waals surface area contributed by atoms with Crippen LogP contribution in [-0.2, 0) is 4.79 Å². The molecule has 0 radical (unpaired) electrons. The average molecular weight is 300 g/mol. The summed E-state index contributed by atoms with van der Waals surface area (Å²) in [5, 5.41) is 0. The zero-order valence-corrected chi connectivity index (χ0v) is 14.5. The number of carbonyl (C=O) groups is 1. The number of amides is 1. The summed E-state index contributed by atoms with van der Waals surface area (Å²) in [6, 6.07) is 0. The lowest BCUT2D eigenvalue weighted by atomic mass is 9.95. The molecule has 1 atom stereocenters. The van der Waals surface area contributed by atoms with E-state index in [4.69, 9.17) is 11.5 Å². The van der Waals surface area contributed by atoms with Crippen molar-refractivity contribution in [3.8, 4) is 0 Å². The van der Waals surface area contributed by atoms with E-state index >= 15 is 0 Å². The molecule has 0 aliphatic carbocycles. The van der Waals surface area contributed by atoms with Gasteiger partial charge >= 0.3 is 0 Å². The molecule has 0 aromatic heterocycles. The minimum absolute atomic E-state index is 0.408. The SMILES string of the molecule is CCN(CC)CCCN(CC)CCCCC(C)(N)C(N)=O. The minimum atomic E-state index is -0.861. The Balaban J connectivity index is 3.83. The van der Waals surface area contributed by atoms with Gasteiger partial charge < -0.3 is 21.3 Å². The molecule has 0 fully saturated rings. The van der Waals surface area contributed by atoms with Gasteiger partial charge in [0.05, 0.1) is 5.54 Å². The zero-order chi connectivity index (χ0) is 16.3. The standard InChI is InChI=1S/C16H36N4O/c1-5-19(6-2)13-10-14-20(7-3)12-9-8-11-16(4,18)15(17)21/h5-14,18H2,1-4H3,(H2,17,21). The second-order valence-corrected chi connectivity index (χ2v) is 6.05. The van der Waals surface area contributed by atoms with Crippen LogP contribution in [0.25, 0.3) is 0 Å². The predicted molar refractivity (Wildman–Crippen MR) is 90.2 cm³/mol. The largest absolute Gasteiger partial charge is 0.368 e. The van der Waals surface area contributed by atoms with Gasteiger partial charge in [-0.05, 0) is 71.9 Å². The Hall–Kier alpha value is -0.650. The van der Waals surface area contributed by atoms with Crippen molar-refractivity contribution >= 4 is 5.91 Å². The Morgan fingerprint density at radius 2 is 1.38 bits per heavy atom. The smallest absolute Gasteiger partial charge is 0.237 e. The first-order valence-corrected chi connectivity index (χ1v) is 8.40. The van der Waals surface area contributed by atoms with Gasteiger partial charge in [0.2, 0.25) is 5.91 Å². The second-order valence-electron chi connectivity index (χ2n) is 6.05. The van der Waals surface area contributed by atoms with E-state index in [0.29, 0.717) is 6.42 Å². The van der Waals surface area contributed by atoms with Crippen molar-refractivity contribution in [3.63, 3.8) is 0 Å². The third kappa shape index (κ3) is 9.06. The van der Waals surface area contributed by atoms with Gasteiger partial charge in [0.15, 0.2) is 0 Å². The number of rotatable bonds is 13. The number of hydrogen-bond acceptors (Lipinski definition) is 4. The first-order chi connectivity index (χ1) is 9.87. The summed E-state index contributed by atoms with van der Waals surface area (Å²) >= 11 is 0. The highest BCUT2D eigenvalue weighted by molar-refractivity contribution is 5.83. The van der Waals surface area contributed by atoms with E-state index in [-0.39, 0.29) is 0 Å². The van der Waals surface area contributed by atoms with Crippen LogP contribution in [0.15, 0.2) is 0 Å². The zero-order valence-electron chi connectivity index (χ0n) is 14.5. The van der Waals surface area contributed by atoms with Gasteiger partial charge in [-0.15, -0.1) is 0 Å². The van der Waals surface area contributed by atoms with E-state index in [0.717, 1.165) is 45.6 Å². The molecule has 0 rings (SSSR count). The molecule has 0 bridgehead atoms. The Morgan fingerprint density at radius 3 is 1.86 bits per heavy atom. The monoisotopic (exact) mass is 300 g/mol. The van der Waals surface area contributed by atoms with Crippen LogP contribution in [0.2, 0.25) is 0 Å². The third-order valence-corrected chi connectivity index (χ3v) is 4.27. The molecule has 0 saturated carbocycles. The normalized spacial score (nSPS) is 14.6. The van der Waals surface area contributed by atoms with Crippen LogP contribution in [-0.4, -0.2) is 60.5 Å². The van der Waals surface area contributed by atoms with Gasteiger partial charge in [-0.3, -0.25) is 4.79 Å². The summed E-state index contributed by atoms with van der Waals surface area (Å²) < 4.78 is 0. The van der Waals surface area contributed by atoms with Gasteiger partial charge in [-0.2, -0.15) is 0 Å². The van der Waals surface area contributed by atoms with Crippen LogP contribution < -0.4 is 11.5 Å². The fourth-order valence-corrected chi connectivity index (χ4v) is 2.44. The minimum Gasteiger partial charge on any atom is -0.368 e. The lowest BCUT2D eigenvalue weighted by molar-refractivity contribution is -0.122. The molecule has 0 aromatic carbocycles. The van der Waals surface area contributed by atoms with E-state index in [1.165, 1.54) is 13.0 Å². The Kier molecular flexibility index (Phi) is 10.6. The highest BCUT2D eigenvalue weighted by Gasteiger charge is 2.24. The number of hydrogen-bond donors (Lipinski definition) is 2. The Bertz CT molecular complexity index is 277. The number of nitrogens with zero attached hydrogens (tertiary/aromatic N) is 2. The van der Waals surface area contributed by atoms with Gasteiger partial charge in [0, 0.05) is 0 Å². The van der Waals surface area contributed by atoms with Gasteiger partial charge in [-0.1, -0.05) is 20.8 Å². The van der Waals surface area contributed by atoms with Gasteiger partial charge in [-0.25, -0.2) is 0 Å². The predicted octanol–water partition coefficient (Wildman–Crippen LogP) is 1.41. The van der Waals surface area contributed by atoms with Crippen LogP contribution in [0, 0.1) is 0 Å².